The summed E-state index contributed by atoms with van der Waals surface area (Å²) in [4.78, 5) is 4.64. The summed E-state index contributed by atoms with van der Waals surface area (Å²) in [6.45, 7) is 7.46. The molecular formula is C20H34IN3O4. The highest BCUT2D eigenvalue weighted by molar-refractivity contribution is 14.0. The normalized spacial score (nSPS) is 16.4. The third-order valence-corrected chi connectivity index (χ3v) is 4.38. The van der Waals surface area contributed by atoms with Gasteiger partial charge in [-0.05, 0) is 31.9 Å². The van der Waals surface area contributed by atoms with Crippen LogP contribution >= 0.6 is 24.0 Å². The number of benzene rings is 1. The molecule has 0 spiro atoms. The van der Waals surface area contributed by atoms with Crippen LogP contribution in [0.15, 0.2) is 23.2 Å². The summed E-state index contributed by atoms with van der Waals surface area (Å²) < 4.78 is 21.8. The molecule has 0 amide bonds. The third-order valence-electron chi connectivity index (χ3n) is 4.38. The van der Waals surface area contributed by atoms with Crippen LogP contribution in [0.25, 0.3) is 0 Å². The third kappa shape index (κ3) is 8.83. The Morgan fingerprint density at radius 1 is 1.25 bits per heavy atom. The van der Waals surface area contributed by atoms with E-state index in [1.54, 1.807) is 14.2 Å². The molecule has 160 valence electrons. The van der Waals surface area contributed by atoms with Crippen LogP contribution in [-0.4, -0.2) is 59.7 Å². The number of halogens is 1. The number of methoxy groups -OCH3 is 2. The van der Waals surface area contributed by atoms with E-state index in [1.807, 2.05) is 18.2 Å². The number of hydrogen-bond acceptors (Lipinski definition) is 5. The molecule has 7 nitrogen and oxygen atoms in total. The molecule has 0 aromatic heterocycles. The molecule has 1 atom stereocenters. The van der Waals surface area contributed by atoms with Gasteiger partial charge in [0.1, 0.15) is 11.5 Å². The first kappa shape index (κ1) is 24.8. The Morgan fingerprint density at radius 3 is 2.79 bits per heavy atom. The molecule has 8 heteroatoms. The van der Waals surface area contributed by atoms with Crippen LogP contribution in [-0.2, 0) is 16.0 Å². The lowest BCUT2D eigenvalue weighted by molar-refractivity contribution is 0.0888. The lowest BCUT2D eigenvalue weighted by atomic mass is 10.1. The summed E-state index contributed by atoms with van der Waals surface area (Å²) >= 11 is 0. The van der Waals surface area contributed by atoms with E-state index in [9.17, 15) is 0 Å². The topological polar surface area (TPSA) is 73.3 Å². The summed E-state index contributed by atoms with van der Waals surface area (Å²) in [7, 11) is 3.30. The maximum absolute atomic E-state index is 5.73. The molecule has 1 unspecified atom stereocenters. The molecule has 0 saturated carbocycles. The predicted molar refractivity (Wildman–Crippen MR) is 122 cm³/mol. The fraction of sp³-hybridized carbons (Fsp3) is 0.650. The van der Waals surface area contributed by atoms with E-state index < -0.39 is 0 Å². The average Bonchev–Trinajstić information content (AvgIpc) is 3.22. The Labute approximate surface area is 185 Å². The van der Waals surface area contributed by atoms with Crippen LogP contribution in [0.4, 0.5) is 0 Å². The molecule has 0 radical (unpaired) electrons. The number of guanidine groups is 1. The van der Waals surface area contributed by atoms with E-state index in [0.29, 0.717) is 12.5 Å². The van der Waals surface area contributed by atoms with Gasteiger partial charge < -0.3 is 29.6 Å². The second-order valence-electron chi connectivity index (χ2n) is 6.46. The van der Waals surface area contributed by atoms with Gasteiger partial charge in [0.2, 0.25) is 0 Å². The van der Waals surface area contributed by atoms with E-state index in [0.717, 1.165) is 75.4 Å². The summed E-state index contributed by atoms with van der Waals surface area (Å²) in [5.74, 6) is 2.91. The van der Waals surface area contributed by atoms with Crippen LogP contribution < -0.4 is 20.1 Å². The Kier molecular flexibility index (Phi) is 13.0. The van der Waals surface area contributed by atoms with E-state index in [-0.39, 0.29) is 24.0 Å². The van der Waals surface area contributed by atoms with E-state index in [2.05, 4.69) is 22.5 Å². The number of aliphatic imine (C=N–C) groups is 1. The molecule has 2 N–H and O–H groups in total. The summed E-state index contributed by atoms with van der Waals surface area (Å²) in [5, 5.41) is 6.61. The van der Waals surface area contributed by atoms with Gasteiger partial charge in [-0.25, -0.2) is 4.99 Å². The van der Waals surface area contributed by atoms with Crippen LogP contribution in [0.2, 0.25) is 0 Å². The monoisotopic (exact) mass is 507 g/mol. The zero-order valence-electron chi connectivity index (χ0n) is 17.2. The van der Waals surface area contributed by atoms with Crippen molar-refractivity contribution in [2.75, 3.05) is 53.7 Å². The summed E-state index contributed by atoms with van der Waals surface area (Å²) in [6.07, 6.45) is 2.05. The molecule has 28 heavy (non-hydrogen) atoms. The van der Waals surface area contributed by atoms with E-state index >= 15 is 0 Å². The lowest BCUT2D eigenvalue weighted by Gasteiger charge is -2.13. The second kappa shape index (κ2) is 14.7. The Bertz CT molecular complexity index is 581. The highest BCUT2D eigenvalue weighted by Crippen LogP contribution is 2.25. The van der Waals surface area contributed by atoms with Gasteiger partial charge in [-0.2, -0.15) is 0 Å². The number of hydrogen-bond donors (Lipinski definition) is 2. The van der Waals surface area contributed by atoms with Crippen molar-refractivity contribution in [3.05, 3.63) is 23.8 Å². The van der Waals surface area contributed by atoms with Crippen LogP contribution in [0.1, 0.15) is 25.3 Å². The fourth-order valence-corrected chi connectivity index (χ4v) is 2.83. The van der Waals surface area contributed by atoms with Crippen molar-refractivity contribution in [3.63, 3.8) is 0 Å². The van der Waals surface area contributed by atoms with Crippen molar-refractivity contribution in [1.82, 2.24) is 10.6 Å². The number of nitrogens with one attached hydrogen (secondary N) is 2. The largest absolute Gasteiger partial charge is 0.497 e. The molecule has 1 aliphatic heterocycles. The van der Waals surface area contributed by atoms with Gasteiger partial charge in [-0.3, -0.25) is 0 Å². The smallest absolute Gasteiger partial charge is 0.191 e. The van der Waals surface area contributed by atoms with Crippen LogP contribution in [0.5, 0.6) is 11.5 Å². The minimum Gasteiger partial charge on any atom is -0.497 e. The molecule has 1 aromatic carbocycles. The first-order chi connectivity index (χ1) is 13.3. The number of rotatable bonds is 11. The second-order valence-corrected chi connectivity index (χ2v) is 6.46. The van der Waals surface area contributed by atoms with Crippen molar-refractivity contribution in [1.29, 1.82) is 0 Å². The standard InChI is InChI=1S/C20H33N3O4.HI/c1-4-21-20(22-9-5-10-26-14-16-8-11-27-15-16)23-13-17-6-7-18(24-2)12-19(17)25-3;/h6-7,12,16H,4-5,8-11,13-15H2,1-3H3,(H2,21,22,23);1H. The van der Waals surface area contributed by atoms with Crippen molar-refractivity contribution >= 4 is 29.9 Å². The van der Waals surface area contributed by atoms with Gasteiger partial charge in [0, 0.05) is 43.9 Å². The van der Waals surface area contributed by atoms with Crippen molar-refractivity contribution < 1.29 is 18.9 Å². The van der Waals surface area contributed by atoms with Crippen molar-refractivity contribution in [2.45, 2.75) is 26.3 Å². The molecule has 1 saturated heterocycles. The number of nitrogens with zero attached hydrogens (tertiary/aromatic N) is 1. The molecule has 0 bridgehead atoms. The molecule has 1 aliphatic rings. The zero-order valence-corrected chi connectivity index (χ0v) is 19.5. The Morgan fingerprint density at radius 2 is 2.11 bits per heavy atom. The first-order valence-corrected chi connectivity index (χ1v) is 9.65. The number of ether oxygens (including phenoxy) is 4. The molecule has 2 rings (SSSR count). The average molecular weight is 507 g/mol. The van der Waals surface area contributed by atoms with E-state index in [1.165, 1.54) is 0 Å². The Balaban J connectivity index is 0.00000392. The minimum absolute atomic E-state index is 0. The lowest BCUT2D eigenvalue weighted by Crippen LogP contribution is -2.38. The van der Waals surface area contributed by atoms with Gasteiger partial charge >= 0.3 is 0 Å². The molecular weight excluding hydrogens is 473 g/mol. The van der Waals surface area contributed by atoms with Crippen LogP contribution in [0.3, 0.4) is 0 Å². The quantitative estimate of drug-likeness (QED) is 0.208. The van der Waals surface area contributed by atoms with Gasteiger partial charge in [0.05, 0.1) is 34.0 Å². The molecule has 1 heterocycles. The highest BCUT2D eigenvalue weighted by Gasteiger charge is 2.15. The molecule has 1 fully saturated rings. The predicted octanol–water partition coefficient (Wildman–Crippen LogP) is 2.82. The summed E-state index contributed by atoms with van der Waals surface area (Å²) in [5.41, 5.74) is 1.01. The van der Waals surface area contributed by atoms with Crippen molar-refractivity contribution in [2.24, 2.45) is 10.9 Å². The van der Waals surface area contributed by atoms with Crippen molar-refractivity contribution in [3.8, 4) is 11.5 Å². The fourth-order valence-electron chi connectivity index (χ4n) is 2.83. The molecule has 1 aromatic rings. The first-order valence-electron chi connectivity index (χ1n) is 9.65. The minimum atomic E-state index is 0. The SMILES string of the molecule is CCNC(=NCc1ccc(OC)cc1OC)NCCCOCC1CCOC1.I. The maximum Gasteiger partial charge on any atom is 0.191 e. The van der Waals surface area contributed by atoms with E-state index in [4.69, 9.17) is 18.9 Å². The van der Waals surface area contributed by atoms with Gasteiger partial charge in [0.15, 0.2) is 5.96 Å². The summed E-state index contributed by atoms with van der Waals surface area (Å²) in [6, 6.07) is 5.77. The van der Waals surface area contributed by atoms with Gasteiger partial charge in [0.25, 0.3) is 0 Å². The highest BCUT2D eigenvalue weighted by atomic mass is 127. The molecule has 0 aliphatic carbocycles. The zero-order chi connectivity index (χ0) is 19.3. The maximum atomic E-state index is 5.73. The van der Waals surface area contributed by atoms with Gasteiger partial charge in [-0.15, -0.1) is 24.0 Å². The Hall–Kier alpha value is -1.26. The van der Waals surface area contributed by atoms with Gasteiger partial charge in [-0.1, -0.05) is 0 Å². The van der Waals surface area contributed by atoms with Crippen LogP contribution in [0, 0.1) is 5.92 Å².